The van der Waals surface area contributed by atoms with E-state index >= 15 is 0 Å². The fourth-order valence-corrected chi connectivity index (χ4v) is 1.69. The summed E-state index contributed by atoms with van der Waals surface area (Å²) in [5.41, 5.74) is 6.69. The maximum Gasteiger partial charge on any atom is 4.00 e. The molecular formula is C15H28Cl2NSiTi. The van der Waals surface area contributed by atoms with Gasteiger partial charge in [-0.25, -0.2) is 0 Å². The van der Waals surface area contributed by atoms with Crippen LogP contribution in [-0.4, -0.2) is 15.1 Å². The number of hydrogen-bond donors (Lipinski definition) is 0. The number of rotatable bonds is 0. The average molecular weight is 369 g/mol. The standard InChI is InChI=1S/C9H11.C4H10N.C2H7Si.2ClH.Ti/c1-2-5-9-7-3-6-8(9)4-1;1-4(2,3)5;1-3-2;;;/h1-5,8-9H,6-7H2;5H,1-3H3;3H,1-2H3;2*1H;/q2*-1;;;;+4/p-2. The van der Waals surface area contributed by atoms with E-state index in [0.717, 1.165) is 21.4 Å². The van der Waals surface area contributed by atoms with Crippen LogP contribution in [0.5, 0.6) is 0 Å². The Hall–Kier alpha value is 0.951. The van der Waals surface area contributed by atoms with Crippen LogP contribution < -0.4 is 24.8 Å². The second kappa shape index (κ2) is 16.3. The molecular weight excluding hydrogens is 341 g/mol. The van der Waals surface area contributed by atoms with Crippen molar-refractivity contribution in [3.63, 3.8) is 0 Å². The molecule has 2 unspecified atom stereocenters. The number of fused-ring (bicyclic) bond motifs is 1. The van der Waals surface area contributed by atoms with Crippen LogP contribution in [0.15, 0.2) is 24.3 Å². The molecule has 0 bridgehead atoms. The Balaban J connectivity index is -0.000000103. The van der Waals surface area contributed by atoms with Crippen LogP contribution in [0, 0.1) is 18.3 Å². The van der Waals surface area contributed by atoms with E-state index in [1.54, 1.807) is 0 Å². The molecule has 115 valence electrons. The van der Waals surface area contributed by atoms with Crippen LogP contribution in [0.4, 0.5) is 0 Å². The van der Waals surface area contributed by atoms with E-state index in [2.05, 4.69) is 43.8 Å². The summed E-state index contributed by atoms with van der Waals surface area (Å²) in [7, 11) is 0.750. The molecule has 2 atom stereocenters. The summed E-state index contributed by atoms with van der Waals surface area (Å²) in [6, 6.07) is 0. The molecule has 1 nitrogen and oxygen atoms in total. The summed E-state index contributed by atoms with van der Waals surface area (Å²) in [6.45, 7) is 9.98. The third-order valence-corrected chi connectivity index (χ3v) is 2.26. The first-order valence-electron chi connectivity index (χ1n) is 6.54. The van der Waals surface area contributed by atoms with Gasteiger partial charge in [-0.2, -0.15) is 12.8 Å². The minimum Gasteiger partial charge on any atom is -1.00 e. The zero-order valence-corrected chi connectivity index (χ0v) is 17.5. The first-order valence-corrected chi connectivity index (χ1v) is 8.85. The summed E-state index contributed by atoms with van der Waals surface area (Å²) >= 11 is 0. The quantitative estimate of drug-likeness (QED) is 0.375. The summed E-state index contributed by atoms with van der Waals surface area (Å²) in [5, 5.41) is 0. The van der Waals surface area contributed by atoms with Crippen LogP contribution in [0.2, 0.25) is 13.1 Å². The van der Waals surface area contributed by atoms with Crippen molar-refractivity contribution in [2.24, 2.45) is 11.8 Å². The maximum atomic E-state index is 6.94. The van der Waals surface area contributed by atoms with E-state index in [-0.39, 0.29) is 52.1 Å². The summed E-state index contributed by atoms with van der Waals surface area (Å²) in [4.78, 5) is 0. The molecule has 2 aliphatic carbocycles. The van der Waals surface area contributed by atoms with E-state index in [9.17, 15) is 0 Å². The van der Waals surface area contributed by atoms with E-state index in [1.807, 2.05) is 20.8 Å². The van der Waals surface area contributed by atoms with Gasteiger partial charge in [-0.3, -0.25) is 0 Å². The Bertz CT molecular complexity index is 229. The Morgan fingerprint density at radius 3 is 1.50 bits per heavy atom. The molecule has 1 radical (unpaired) electrons. The van der Waals surface area contributed by atoms with Gasteiger partial charge in [0.2, 0.25) is 0 Å². The van der Waals surface area contributed by atoms with Crippen molar-refractivity contribution in [1.82, 2.24) is 0 Å². The van der Waals surface area contributed by atoms with Crippen LogP contribution in [0.3, 0.4) is 0 Å². The Kier molecular flexibility index (Phi) is 23.7. The number of allylic oxidation sites excluding steroid dienone is 4. The van der Waals surface area contributed by atoms with Crippen LogP contribution in [-0.2, 0) is 21.7 Å². The second-order valence-corrected chi connectivity index (χ2v) is 6.84. The van der Waals surface area contributed by atoms with Gasteiger partial charge < -0.3 is 37.0 Å². The van der Waals surface area contributed by atoms with Gasteiger partial charge in [0.05, 0.1) is 0 Å². The molecule has 5 heteroatoms. The predicted octanol–water partition coefficient (Wildman–Crippen LogP) is -1.30. The van der Waals surface area contributed by atoms with Crippen molar-refractivity contribution < 1.29 is 46.5 Å². The van der Waals surface area contributed by atoms with Crippen LogP contribution >= 0.6 is 0 Å². The minimum atomic E-state index is -0.250. The first-order chi connectivity index (χ1) is 7.88. The van der Waals surface area contributed by atoms with Crippen LogP contribution in [0.1, 0.15) is 33.6 Å². The largest absolute Gasteiger partial charge is 4.00 e. The minimum absolute atomic E-state index is 0. The van der Waals surface area contributed by atoms with Crippen molar-refractivity contribution in [2.45, 2.75) is 52.2 Å². The summed E-state index contributed by atoms with van der Waals surface area (Å²) in [6.07, 6.45) is 14.0. The number of halogens is 2. The molecule has 1 fully saturated rings. The van der Waals surface area contributed by atoms with E-state index in [0.29, 0.717) is 0 Å². The smallest absolute Gasteiger partial charge is 1.00 e. The molecule has 1 saturated carbocycles. The molecule has 1 N–H and O–H groups in total. The van der Waals surface area contributed by atoms with Crippen molar-refractivity contribution in [2.75, 3.05) is 0 Å². The first kappa shape index (κ1) is 29.0. The fourth-order valence-electron chi connectivity index (χ4n) is 1.69. The Labute approximate surface area is 156 Å². The monoisotopic (exact) mass is 368 g/mol. The molecule has 20 heavy (non-hydrogen) atoms. The summed E-state index contributed by atoms with van der Waals surface area (Å²) < 4.78 is 0. The average Bonchev–Trinajstić information content (AvgIpc) is 2.63. The molecule has 2 rings (SSSR count). The van der Waals surface area contributed by atoms with Crippen molar-refractivity contribution in [3.8, 4) is 0 Å². The van der Waals surface area contributed by atoms with Gasteiger partial charge in [-0.1, -0.05) is 58.2 Å². The number of nitrogens with one attached hydrogen (secondary N) is 1. The second-order valence-electron chi connectivity index (χ2n) is 5.68. The zero-order chi connectivity index (χ0) is 13.3. The molecule has 0 amide bonds. The third kappa shape index (κ3) is 19.0. The molecule has 2 aliphatic rings. The molecule has 0 aromatic rings. The van der Waals surface area contributed by atoms with Gasteiger partial charge in [0.25, 0.3) is 0 Å². The van der Waals surface area contributed by atoms with Gasteiger partial charge in [0.15, 0.2) is 0 Å². The van der Waals surface area contributed by atoms with Gasteiger partial charge in [0, 0.05) is 9.52 Å². The van der Waals surface area contributed by atoms with Crippen LogP contribution in [0.25, 0.3) is 5.73 Å². The zero-order valence-electron chi connectivity index (χ0n) is 13.3. The maximum absolute atomic E-state index is 6.94. The summed E-state index contributed by atoms with van der Waals surface area (Å²) in [5.74, 6) is 1.69. The van der Waals surface area contributed by atoms with Gasteiger partial charge in [-0.15, -0.1) is 5.54 Å². The third-order valence-electron chi connectivity index (χ3n) is 2.26. The normalized spacial score (nSPS) is 21.5. The van der Waals surface area contributed by atoms with Crippen molar-refractivity contribution in [1.29, 1.82) is 0 Å². The van der Waals surface area contributed by atoms with Crippen molar-refractivity contribution in [3.05, 3.63) is 36.5 Å². The SMILES string of the molecule is C1=CC2C[CH-]CC2C=C1.CC(C)(C)[NH-].C[SiH]C.[Cl-].[Cl-].[Ti+4]. The van der Waals surface area contributed by atoms with Gasteiger partial charge in [0.1, 0.15) is 0 Å². The van der Waals surface area contributed by atoms with E-state index < -0.39 is 0 Å². The molecule has 0 aromatic heterocycles. The van der Waals surface area contributed by atoms with Gasteiger partial charge >= 0.3 is 21.7 Å². The Morgan fingerprint density at radius 1 is 1.00 bits per heavy atom. The van der Waals surface area contributed by atoms with E-state index in [4.69, 9.17) is 5.73 Å². The molecule has 0 saturated heterocycles. The van der Waals surface area contributed by atoms with Gasteiger partial charge in [-0.05, 0) is 11.8 Å². The molecule has 0 spiro atoms. The molecule has 0 aliphatic heterocycles. The fraction of sp³-hybridized carbons (Fsp3) is 0.667. The van der Waals surface area contributed by atoms with Crippen molar-refractivity contribution >= 4 is 9.52 Å². The molecule has 0 heterocycles. The topological polar surface area (TPSA) is 23.8 Å². The number of hydrogen-bond acceptors (Lipinski definition) is 0. The Morgan fingerprint density at radius 2 is 1.25 bits per heavy atom. The predicted molar refractivity (Wildman–Crippen MR) is 81.7 cm³/mol. The molecule has 0 aromatic carbocycles. The van der Waals surface area contributed by atoms with E-state index in [1.165, 1.54) is 12.8 Å².